The lowest BCUT2D eigenvalue weighted by molar-refractivity contribution is 0.310. The van der Waals surface area contributed by atoms with E-state index in [4.69, 9.17) is 10.5 Å². The molecule has 0 aliphatic rings. The van der Waals surface area contributed by atoms with Crippen molar-refractivity contribution in [2.45, 2.75) is 26.2 Å². The molecule has 0 spiro atoms. The van der Waals surface area contributed by atoms with Crippen LogP contribution in [-0.4, -0.2) is 32.2 Å². The molecule has 0 radical (unpaired) electrons. The van der Waals surface area contributed by atoms with Gasteiger partial charge in [-0.05, 0) is 37.2 Å². The number of unbranched alkanes of at least 4 members (excludes halogenated alkanes) is 1. The second-order valence-corrected chi connectivity index (χ2v) is 5.45. The molecule has 4 nitrogen and oxygen atoms in total. The van der Waals surface area contributed by atoms with Gasteiger partial charge in [-0.15, -0.1) is 0 Å². The fraction of sp³-hybridized carbons (Fsp3) is 0.471. The number of hydrogen-bond donors (Lipinski definition) is 1. The topological polar surface area (TPSA) is 51.4 Å². The van der Waals surface area contributed by atoms with Crippen LogP contribution in [0.4, 0.5) is 5.69 Å². The molecule has 21 heavy (non-hydrogen) atoms. The van der Waals surface area contributed by atoms with Crippen LogP contribution in [0.2, 0.25) is 0 Å². The number of aromatic nitrogens is 1. The maximum absolute atomic E-state index is 5.80. The molecule has 2 rings (SSSR count). The number of ether oxygens (including phenoxy) is 1. The third-order valence-corrected chi connectivity index (χ3v) is 3.46. The molecule has 2 N–H and O–H groups in total. The van der Waals surface area contributed by atoms with Gasteiger partial charge in [0.1, 0.15) is 5.75 Å². The number of nitrogens with zero attached hydrogens (tertiary/aromatic N) is 2. The molecule has 0 amide bonds. The van der Waals surface area contributed by atoms with Crippen LogP contribution in [0, 0.1) is 0 Å². The van der Waals surface area contributed by atoms with Crippen LogP contribution in [0.25, 0.3) is 10.9 Å². The van der Waals surface area contributed by atoms with Gasteiger partial charge in [0.25, 0.3) is 0 Å². The molecule has 2 aromatic rings. The zero-order valence-electron chi connectivity index (χ0n) is 13.2. The minimum absolute atomic E-state index is 0.615. The number of fused-ring (bicyclic) bond motifs is 1. The molecule has 1 heterocycles. The van der Waals surface area contributed by atoms with Crippen LogP contribution in [0.1, 0.15) is 25.5 Å². The van der Waals surface area contributed by atoms with Gasteiger partial charge >= 0.3 is 0 Å². The maximum atomic E-state index is 5.80. The van der Waals surface area contributed by atoms with E-state index >= 15 is 0 Å². The summed E-state index contributed by atoms with van der Waals surface area (Å²) in [6.45, 7) is 3.54. The van der Waals surface area contributed by atoms with Crippen LogP contribution in [0.3, 0.4) is 0 Å². The second kappa shape index (κ2) is 7.27. The highest BCUT2D eigenvalue weighted by molar-refractivity contribution is 5.92. The van der Waals surface area contributed by atoms with Crippen LogP contribution in [0.15, 0.2) is 24.3 Å². The first-order valence-corrected chi connectivity index (χ1v) is 7.59. The van der Waals surface area contributed by atoms with Crippen LogP contribution in [0.5, 0.6) is 5.75 Å². The summed E-state index contributed by atoms with van der Waals surface area (Å²) >= 11 is 0. The number of rotatable bonds is 7. The van der Waals surface area contributed by atoms with Gasteiger partial charge < -0.3 is 15.4 Å². The van der Waals surface area contributed by atoms with Crippen molar-refractivity contribution in [1.29, 1.82) is 0 Å². The van der Waals surface area contributed by atoms with Crippen molar-refractivity contribution < 1.29 is 4.74 Å². The molecule has 0 atom stereocenters. The average Bonchev–Trinajstić information content (AvgIpc) is 2.47. The fourth-order valence-electron chi connectivity index (χ4n) is 2.31. The van der Waals surface area contributed by atoms with Crippen molar-refractivity contribution in [3.05, 3.63) is 30.0 Å². The number of anilines is 1. The van der Waals surface area contributed by atoms with E-state index in [0.29, 0.717) is 6.54 Å². The summed E-state index contributed by atoms with van der Waals surface area (Å²) in [4.78, 5) is 6.79. The molecular formula is C17H25N3O. The highest BCUT2D eigenvalue weighted by Crippen LogP contribution is 2.29. The number of benzene rings is 1. The van der Waals surface area contributed by atoms with E-state index in [0.717, 1.165) is 53.9 Å². The normalized spacial score (nSPS) is 10.9. The van der Waals surface area contributed by atoms with Gasteiger partial charge in [0.15, 0.2) is 0 Å². The average molecular weight is 287 g/mol. The van der Waals surface area contributed by atoms with Crippen molar-refractivity contribution in [2.24, 2.45) is 5.73 Å². The van der Waals surface area contributed by atoms with Gasteiger partial charge in [-0.3, -0.25) is 4.98 Å². The SMILES string of the molecule is CCCCOc1ccc2nc(CCN)cc(N(C)C)c2c1. The molecule has 0 fully saturated rings. The standard InChI is InChI=1S/C17H25N3O/c1-4-5-10-21-14-6-7-16-15(12-14)17(20(2)3)11-13(19-16)8-9-18/h6-7,11-12H,4-5,8-10,18H2,1-3H3. The molecule has 0 bridgehead atoms. The summed E-state index contributed by atoms with van der Waals surface area (Å²) in [5.41, 5.74) is 8.83. The van der Waals surface area contributed by atoms with Crippen LogP contribution < -0.4 is 15.4 Å². The van der Waals surface area contributed by atoms with E-state index in [1.807, 2.05) is 26.2 Å². The largest absolute Gasteiger partial charge is 0.494 e. The predicted molar refractivity (Wildman–Crippen MR) is 89.2 cm³/mol. The number of nitrogens with two attached hydrogens (primary N) is 1. The molecule has 4 heteroatoms. The molecule has 1 aromatic heterocycles. The highest BCUT2D eigenvalue weighted by atomic mass is 16.5. The van der Waals surface area contributed by atoms with Crippen LogP contribution >= 0.6 is 0 Å². The van der Waals surface area contributed by atoms with Gasteiger partial charge in [-0.2, -0.15) is 0 Å². The molecule has 0 aliphatic carbocycles. The van der Waals surface area contributed by atoms with Crippen molar-refractivity contribution >= 4 is 16.6 Å². The Morgan fingerprint density at radius 3 is 2.71 bits per heavy atom. The summed E-state index contributed by atoms with van der Waals surface area (Å²) in [7, 11) is 4.09. The van der Waals surface area contributed by atoms with Gasteiger partial charge in [0.2, 0.25) is 0 Å². The second-order valence-electron chi connectivity index (χ2n) is 5.45. The Morgan fingerprint density at radius 2 is 2.05 bits per heavy atom. The summed E-state index contributed by atoms with van der Waals surface area (Å²) in [6, 6.07) is 8.23. The molecule has 0 saturated carbocycles. The molecule has 0 aliphatic heterocycles. The van der Waals surface area contributed by atoms with Gasteiger partial charge in [0, 0.05) is 37.3 Å². The summed E-state index contributed by atoms with van der Waals surface area (Å²) in [5, 5.41) is 1.12. The molecule has 0 saturated heterocycles. The number of pyridine rings is 1. The summed E-state index contributed by atoms with van der Waals surface area (Å²) in [5.74, 6) is 0.910. The lowest BCUT2D eigenvalue weighted by atomic mass is 10.1. The van der Waals surface area contributed by atoms with E-state index in [9.17, 15) is 0 Å². The maximum Gasteiger partial charge on any atom is 0.120 e. The van der Waals surface area contributed by atoms with Gasteiger partial charge in [-0.25, -0.2) is 0 Å². The van der Waals surface area contributed by atoms with E-state index < -0.39 is 0 Å². The quantitative estimate of drug-likeness (QED) is 0.795. The van der Waals surface area contributed by atoms with Crippen LogP contribution in [-0.2, 0) is 6.42 Å². The van der Waals surface area contributed by atoms with E-state index in [2.05, 4.69) is 28.9 Å². The third kappa shape index (κ3) is 3.85. The zero-order valence-corrected chi connectivity index (χ0v) is 13.2. The zero-order chi connectivity index (χ0) is 15.2. The smallest absolute Gasteiger partial charge is 0.120 e. The van der Waals surface area contributed by atoms with E-state index in [-0.39, 0.29) is 0 Å². The molecule has 0 unspecified atom stereocenters. The predicted octanol–water partition coefficient (Wildman–Crippen LogP) is 2.98. The van der Waals surface area contributed by atoms with E-state index in [1.165, 1.54) is 0 Å². The first-order chi connectivity index (χ1) is 10.2. The Morgan fingerprint density at radius 1 is 1.24 bits per heavy atom. The molecule has 1 aromatic carbocycles. The summed E-state index contributed by atoms with van der Waals surface area (Å²) < 4.78 is 5.80. The van der Waals surface area contributed by atoms with Gasteiger partial charge in [0.05, 0.1) is 12.1 Å². The van der Waals surface area contributed by atoms with Gasteiger partial charge in [-0.1, -0.05) is 13.3 Å². The minimum Gasteiger partial charge on any atom is -0.494 e. The lowest BCUT2D eigenvalue weighted by Crippen LogP contribution is -2.12. The first kappa shape index (κ1) is 15.6. The number of hydrogen-bond acceptors (Lipinski definition) is 4. The fourth-order valence-corrected chi connectivity index (χ4v) is 2.31. The molecule has 114 valence electrons. The lowest BCUT2D eigenvalue weighted by Gasteiger charge is -2.17. The summed E-state index contributed by atoms with van der Waals surface area (Å²) in [6.07, 6.45) is 3.01. The Balaban J connectivity index is 2.39. The third-order valence-electron chi connectivity index (χ3n) is 3.46. The van der Waals surface area contributed by atoms with Crippen molar-refractivity contribution in [3.63, 3.8) is 0 Å². The minimum atomic E-state index is 0.615. The Kier molecular flexibility index (Phi) is 5.39. The van der Waals surface area contributed by atoms with Crippen molar-refractivity contribution in [3.8, 4) is 5.75 Å². The van der Waals surface area contributed by atoms with Crippen molar-refractivity contribution in [2.75, 3.05) is 32.1 Å². The van der Waals surface area contributed by atoms with Crippen molar-refractivity contribution in [1.82, 2.24) is 4.98 Å². The monoisotopic (exact) mass is 287 g/mol. The Hall–Kier alpha value is -1.81. The Labute approximate surface area is 126 Å². The molecular weight excluding hydrogens is 262 g/mol. The van der Waals surface area contributed by atoms with E-state index in [1.54, 1.807) is 0 Å². The first-order valence-electron chi connectivity index (χ1n) is 7.59. The Bertz CT molecular complexity index is 596. The highest BCUT2D eigenvalue weighted by Gasteiger charge is 2.09.